The topological polar surface area (TPSA) is 79.8 Å². The number of rotatable bonds is 4. The summed E-state index contributed by atoms with van der Waals surface area (Å²) in [4.78, 5) is 25.9. The van der Waals surface area contributed by atoms with Gasteiger partial charge in [0.05, 0.1) is 6.61 Å². The fourth-order valence-corrected chi connectivity index (χ4v) is 1.97. The van der Waals surface area contributed by atoms with E-state index >= 15 is 0 Å². The summed E-state index contributed by atoms with van der Waals surface area (Å²) in [6.07, 6.45) is 7.61. The Morgan fingerprint density at radius 3 is 2.39 bits per heavy atom. The third-order valence-electron chi connectivity index (χ3n) is 2.88. The van der Waals surface area contributed by atoms with Crippen molar-refractivity contribution in [3.05, 3.63) is 17.2 Å². The standard InChI is InChI=1S/C13H18N2O3/c1-2-18-13(17)12(15-14)11(16)9-10-7-5-3-4-6-8-10/h9H,2-8H2,1H3. The minimum absolute atomic E-state index is 0.141. The Labute approximate surface area is 106 Å². The van der Waals surface area contributed by atoms with E-state index in [1.807, 2.05) is 0 Å². The zero-order valence-corrected chi connectivity index (χ0v) is 10.6. The van der Waals surface area contributed by atoms with Crippen LogP contribution in [0, 0.1) is 0 Å². The first kappa shape index (κ1) is 14.3. The average Bonchev–Trinajstić information content (AvgIpc) is 2.59. The molecule has 1 aliphatic rings. The molecule has 0 bridgehead atoms. The summed E-state index contributed by atoms with van der Waals surface area (Å²) in [7, 11) is 0. The number of allylic oxidation sites excluding steroid dienone is 2. The maximum atomic E-state index is 11.8. The Balaban J connectivity index is 2.75. The monoisotopic (exact) mass is 250 g/mol. The van der Waals surface area contributed by atoms with E-state index in [1.165, 1.54) is 18.9 Å². The summed E-state index contributed by atoms with van der Waals surface area (Å²) >= 11 is 0. The van der Waals surface area contributed by atoms with Crippen LogP contribution in [0.3, 0.4) is 0 Å². The first-order valence-corrected chi connectivity index (χ1v) is 6.32. The highest BCUT2D eigenvalue weighted by Gasteiger charge is 2.29. The van der Waals surface area contributed by atoms with Gasteiger partial charge in [-0.25, -0.2) is 4.79 Å². The van der Waals surface area contributed by atoms with E-state index in [-0.39, 0.29) is 6.61 Å². The van der Waals surface area contributed by atoms with E-state index in [0.29, 0.717) is 0 Å². The van der Waals surface area contributed by atoms with E-state index in [4.69, 9.17) is 5.53 Å². The highest BCUT2D eigenvalue weighted by Crippen LogP contribution is 2.21. The van der Waals surface area contributed by atoms with Crippen LogP contribution in [0.4, 0.5) is 0 Å². The Bertz CT molecular complexity index is 396. The molecule has 0 heterocycles. The zero-order chi connectivity index (χ0) is 13.4. The van der Waals surface area contributed by atoms with Crippen molar-refractivity contribution in [1.82, 2.24) is 0 Å². The number of ether oxygens (including phenoxy) is 1. The maximum absolute atomic E-state index is 11.8. The number of hydrogen-bond donors (Lipinski definition) is 0. The number of esters is 1. The number of ketones is 1. The lowest BCUT2D eigenvalue weighted by Gasteiger charge is -2.00. The number of carbonyl (C=O) groups excluding carboxylic acids is 2. The van der Waals surface area contributed by atoms with Crippen LogP contribution >= 0.6 is 0 Å². The fraction of sp³-hybridized carbons (Fsp3) is 0.615. The molecule has 0 aromatic carbocycles. The van der Waals surface area contributed by atoms with Gasteiger partial charge in [-0.05, 0) is 38.7 Å². The molecule has 0 amide bonds. The van der Waals surface area contributed by atoms with Gasteiger partial charge in [0.15, 0.2) is 0 Å². The van der Waals surface area contributed by atoms with Crippen molar-refractivity contribution in [1.29, 1.82) is 0 Å². The van der Waals surface area contributed by atoms with E-state index in [2.05, 4.69) is 9.53 Å². The SMILES string of the molecule is CCOC(=O)C(=[N+]=[N-])C(=O)C=C1CCCCCC1. The molecule has 0 atom stereocenters. The summed E-state index contributed by atoms with van der Waals surface area (Å²) in [6.45, 7) is 1.77. The van der Waals surface area contributed by atoms with Crippen LogP contribution in [0.5, 0.6) is 0 Å². The summed E-state index contributed by atoms with van der Waals surface area (Å²) < 4.78 is 4.65. The molecule has 0 aromatic rings. The van der Waals surface area contributed by atoms with Gasteiger partial charge >= 0.3 is 11.7 Å². The van der Waals surface area contributed by atoms with Gasteiger partial charge in [0.25, 0.3) is 5.78 Å². The molecule has 0 saturated heterocycles. The van der Waals surface area contributed by atoms with Gasteiger partial charge in [-0.15, -0.1) is 0 Å². The predicted octanol–water partition coefficient (Wildman–Crippen LogP) is 2.07. The normalized spacial score (nSPS) is 15.3. The van der Waals surface area contributed by atoms with Crippen molar-refractivity contribution in [3.63, 3.8) is 0 Å². The average molecular weight is 250 g/mol. The third kappa shape index (κ3) is 4.26. The zero-order valence-electron chi connectivity index (χ0n) is 10.6. The molecule has 0 aliphatic heterocycles. The highest BCUT2D eigenvalue weighted by molar-refractivity contribution is 6.64. The third-order valence-corrected chi connectivity index (χ3v) is 2.88. The lowest BCUT2D eigenvalue weighted by Crippen LogP contribution is -2.26. The molecule has 0 aromatic heterocycles. The maximum Gasteiger partial charge on any atom is 0.445 e. The molecule has 5 nitrogen and oxygen atoms in total. The van der Waals surface area contributed by atoms with Gasteiger partial charge < -0.3 is 10.3 Å². The summed E-state index contributed by atoms with van der Waals surface area (Å²) in [6, 6.07) is 0. The molecule has 1 saturated carbocycles. The van der Waals surface area contributed by atoms with Crippen molar-refractivity contribution in [2.45, 2.75) is 45.4 Å². The van der Waals surface area contributed by atoms with Crippen LogP contribution in [0.1, 0.15) is 45.4 Å². The molecule has 1 rings (SSSR count). The molecular formula is C13H18N2O3. The van der Waals surface area contributed by atoms with Gasteiger partial charge in [-0.1, -0.05) is 18.4 Å². The van der Waals surface area contributed by atoms with Crippen LogP contribution in [0.15, 0.2) is 11.6 Å². The minimum Gasteiger partial charge on any atom is -0.457 e. The Morgan fingerprint density at radius 1 is 1.28 bits per heavy atom. The summed E-state index contributed by atoms with van der Waals surface area (Å²) in [5.41, 5.74) is 9.18. The summed E-state index contributed by atoms with van der Waals surface area (Å²) in [5.74, 6) is -1.46. The van der Waals surface area contributed by atoms with Crippen LogP contribution < -0.4 is 0 Å². The molecule has 0 spiro atoms. The van der Waals surface area contributed by atoms with Crippen LogP contribution in [-0.4, -0.2) is 28.9 Å². The van der Waals surface area contributed by atoms with E-state index in [9.17, 15) is 9.59 Å². The van der Waals surface area contributed by atoms with Crippen molar-refractivity contribution < 1.29 is 19.1 Å². The quantitative estimate of drug-likeness (QED) is 0.146. The molecule has 1 fully saturated rings. The van der Waals surface area contributed by atoms with E-state index in [1.54, 1.807) is 6.92 Å². The molecular weight excluding hydrogens is 232 g/mol. The first-order chi connectivity index (χ1) is 8.69. The lowest BCUT2D eigenvalue weighted by atomic mass is 10.0. The molecule has 5 heteroatoms. The van der Waals surface area contributed by atoms with Crippen LogP contribution in [0.2, 0.25) is 0 Å². The van der Waals surface area contributed by atoms with Gasteiger partial charge in [-0.3, -0.25) is 4.79 Å². The highest BCUT2D eigenvalue weighted by atomic mass is 16.5. The van der Waals surface area contributed by atoms with Crippen molar-refractivity contribution in [3.8, 4) is 0 Å². The lowest BCUT2D eigenvalue weighted by molar-refractivity contribution is -0.141. The second-order valence-corrected chi connectivity index (χ2v) is 4.25. The molecule has 0 unspecified atom stereocenters. The van der Waals surface area contributed by atoms with Crippen molar-refractivity contribution >= 4 is 17.5 Å². The second-order valence-electron chi connectivity index (χ2n) is 4.25. The molecule has 0 radical (unpaired) electrons. The van der Waals surface area contributed by atoms with Gasteiger partial charge in [0.1, 0.15) is 0 Å². The van der Waals surface area contributed by atoms with Gasteiger partial charge in [-0.2, -0.15) is 4.79 Å². The molecule has 0 N–H and O–H groups in total. The Morgan fingerprint density at radius 2 is 1.89 bits per heavy atom. The van der Waals surface area contributed by atoms with E-state index in [0.717, 1.165) is 31.3 Å². The van der Waals surface area contributed by atoms with Crippen molar-refractivity contribution in [2.24, 2.45) is 0 Å². The van der Waals surface area contributed by atoms with Gasteiger partial charge in [0, 0.05) is 0 Å². The second kappa shape index (κ2) is 7.56. The summed E-state index contributed by atoms with van der Waals surface area (Å²) in [5, 5.41) is 0. The molecule has 1 aliphatic carbocycles. The molecule has 18 heavy (non-hydrogen) atoms. The smallest absolute Gasteiger partial charge is 0.445 e. The van der Waals surface area contributed by atoms with Crippen LogP contribution in [0.25, 0.3) is 5.53 Å². The predicted molar refractivity (Wildman–Crippen MR) is 66.1 cm³/mol. The largest absolute Gasteiger partial charge is 0.457 e. The Hall–Kier alpha value is -1.74. The molecule has 98 valence electrons. The Kier molecular flexibility index (Phi) is 6.01. The number of carbonyl (C=O) groups is 2. The minimum atomic E-state index is -0.879. The van der Waals surface area contributed by atoms with Crippen molar-refractivity contribution in [2.75, 3.05) is 6.61 Å². The fourth-order valence-electron chi connectivity index (χ4n) is 1.97. The van der Waals surface area contributed by atoms with Gasteiger partial charge in [0.2, 0.25) is 0 Å². The van der Waals surface area contributed by atoms with E-state index < -0.39 is 17.5 Å². The number of nitrogens with zero attached hydrogens (tertiary/aromatic N) is 2. The number of hydrogen-bond acceptors (Lipinski definition) is 3. The first-order valence-electron chi connectivity index (χ1n) is 6.32. The van der Waals surface area contributed by atoms with Crippen LogP contribution in [-0.2, 0) is 14.3 Å².